The number of esters is 1. The fraction of sp³-hybridized carbons (Fsp3) is 0.100. The lowest BCUT2D eigenvalue weighted by Crippen LogP contribution is -2.14. The summed E-state index contributed by atoms with van der Waals surface area (Å²) in [4.78, 5) is 21.2. The van der Waals surface area contributed by atoms with Gasteiger partial charge >= 0.3 is 16.1 Å². The van der Waals surface area contributed by atoms with E-state index in [4.69, 9.17) is 4.55 Å². The minimum atomic E-state index is -4.43. The van der Waals surface area contributed by atoms with Crippen LogP contribution < -0.4 is 0 Å². The number of carbonyl (C=O) groups excluding carboxylic acids is 1. The summed E-state index contributed by atoms with van der Waals surface area (Å²) in [6.07, 6.45) is 0. The minimum Gasteiger partial charge on any atom is -0.443 e. The maximum absolute atomic E-state index is 11.4. The summed E-state index contributed by atoms with van der Waals surface area (Å²) in [6.45, 7) is 3.38. The van der Waals surface area contributed by atoms with E-state index in [1.54, 1.807) is 0 Å². The molecule has 102 valence electrons. The zero-order valence-corrected chi connectivity index (χ0v) is 10.3. The largest absolute Gasteiger partial charge is 0.443 e. The third kappa shape index (κ3) is 4.48. The van der Waals surface area contributed by atoms with Crippen molar-refractivity contribution in [2.75, 3.05) is 5.94 Å². The summed E-state index contributed by atoms with van der Waals surface area (Å²) in [6, 6.07) is 4.87. The lowest BCUT2D eigenvalue weighted by atomic mass is 10.1. The van der Waals surface area contributed by atoms with Crippen molar-refractivity contribution in [2.45, 2.75) is 0 Å². The molecule has 0 saturated carbocycles. The van der Waals surface area contributed by atoms with Crippen LogP contribution >= 0.6 is 0 Å². The summed E-state index contributed by atoms with van der Waals surface area (Å²) in [7, 11) is -4.43. The Morgan fingerprint density at radius 3 is 2.32 bits per heavy atom. The van der Waals surface area contributed by atoms with E-state index in [2.05, 4.69) is 11.3 Å². The van der Waals surface area contributed by atoms with Gasteiger partial charge in [0.05, 0.1) is 10.5 Å². The molecule has 19 heavy (non-hydrogen) atoms. The zero-order chi connectivity index (χ0) is 14.6. The van der Waals surface area contributed by atoms with Gasteiger partial charge in [0.25, 0.3) is 5.69 Å². The molecule has 0 bridgehead atoms. The Bertz CT molecular complexity index is 618. The number of nitro benzene ring substituents is 1. The van der Waals surface area contributed by atoms with Gasteiger partial charge in [-0.1, -0.05) is 6.58 Å². The molecule has 8 nitrogen and oxygen atoms in total. The number of non-ortho nitro benzene ring substituents is 1. The van der Waals surface area contributed by atoms with Crippen molar-refractivity contribution in [3.05, 3.63) is 46.5 Å². The number of benzene rings is 1. The summed E-state index contributed by atoms with van der Waals surface area (Å²) >= 11 is 0. The Morgan fingerprint density at radius 2 is 1.89 bits per heavy atom. The molecule has 0 heterocycles. The quantitative estimate of drug-likeness (QED) is 0.281. The second-order valence-electron chi connectivity index (χ2n) is 3.41. The highest BCUT2D eigenvalue weighted by molar-refractivity contribution is 7.85. The van der Waals surface area contributed by atoms with Gasteiger partial charge in [-0.2, -0.15) is 8.42 Å². The first-order valence-electron chi connectivity index (χ1n) is 4.77. The predicted molar refractivity (Wildman–Crippen MR) is 64.6 cm³/mol. The molecule has 0 unspecified atom stereocenters. The molecular weight excluding hydrogens is 278 g/mol. The van der Waals surface area contributed by atoms with Gasteiger partial charge < -0.3 is 4.74 Å². The van der Waals surface area contributed by atoms with Crippen LogP contribution in [0.25, 0.3) is 5.57 Å². The summed E-state index contributed by atoms with van der Waals surface area (Å²) in [5.41, 5.74) is -0.104. The average Bonchev–Trinajstić information content (AvgIpc) is 2.34. The molecule has 1 aromatic carbocycles. The second-order valence-corrected chi connectivity index (χ2v) is 4.81. The maximum Gasteiger partial charge on any atom is 0.339 e. The number of nitrogens with zero attached hydrogens (tertiary/aromatic N) is 1. The van der Waals surface area contributed by atoms with Crippen molar-refractivity contribution < 1.29 is 27.4 Å². The minimum absolute atomic E-state index is 0.164. The molecule has 0 saturated heterocycles. The monoisotopic (exact) mass is 287 g/mol. The van der Waals surface area contributed by atoms with Crippen LogP contribution in [-0.2, 0) is 19.6 Å². The van der Waals surface area contributed by atoms with Gasteiger partial charge in [0.15, 0.2) is 0 Å². The Hall–Kier alpha value is -2.26. The van der Waals surface area contributed by atoms with Crippen molar-refractivity contribution in [1.29, 1.82) is 0 Å². The van der Waals surface area contributed by atoms with Crippen molar-refractivity contribution in [1.82, 2.24) is 0 Å². The molecule has 1 rings (SSSR count). The van der Waals surface area contributed by atoms with Gasteiger partial charge in [-0.05, 0) is 17.7 Å². The van der Waals surface area contributed by atoms with Gasteiger partial charge in [0, 0.05) is 12.1 Å². The Kier molecular flexibility index (Phi) is 4.35. The molecule has 0 aliphatic rings. The molecule has 0 atom stereocenters. The molecule has 0 radical (unpaired) electrons. The number of carbonyl (C=O) groups is 1. The number of ether oxygens (including phenoxy) is 1. The molecule has 0 aliphatic heterocycles. The van der Waals surface area contributed by atoms with E-state index < -0.39 is 26.9 Å². The van der Waals surface area contributed by atoms with Gasteiger partial charge in [-0.15, -0.1) is 0 Å². The smallest absolute Gasteiger partial charge is 0.339 e. The maximum atomic E-state index is 11.4. The van der Waals surface area contributed by atoms with E-state index in [1.807, 2.05) is 0 Å². The van der Waals surface area contributed by atoms with E-state index in [0.29, 0.717) is 0 Å². The first-order chi connectivity index (χ1) is 8.70. The van der Waals surface area contributed by atoms with Crippen LogP contribution in [0.4, 0.5) is 5.69 Å². The van der Waals surface area contributed by atoms with Crippen molar-refractivity contribution in [3.63, 3.8) is 0 Å². The lowest BCUT2D eigenvalue weighted by molar-refractivity contribution is -0.384. The fourth-order valence-corrected chi connectivity index (χ4v) is 1.37. The molecule has 1 aromatic rings. The Labute approximate surface area is 108 Å². The normalized spacial score (nSPS) is 10.8. The molecule has 0 aromatic heterocycles. The SMILES string of the molecule is C=C(C(=O)OCS(=O)(=O)O)c1ccc([N+](=O)[O-])cc1. The highest BCUT2D eigenvalue weighted by Gasteiger charge is 2.15. The lowest BCUT2D eigenvalue weighted by Gasteiger charge is -2.05. The first-order valence-corrected chi connectivity index (χ1v) is 6.37. The van der Waals surface area contributed by atoms with Crippen LogP contribution in [0.15, 0.2) is 30.8 Å². The van der Waals surface area contributed by atoms with E-state index in [-0.39, 0.29) is 16.8 Å². The summed E-state index contributed by atoms with van der Waals surface area (Å²) in [5, 5.41) is 10.4. The van der Waals surface area contributed by atoms with Crippen LogP contribution in [0.5, 0.6) is 0 Å². The summed E-state index contributed by atoms with van der Waals surface area (Å²) < 4.78 is 33.5. The number of nitro groups is 1. The van der Waals surface area contributed by atoms with E-state index in [1.165, 1.54) is 12.1 Å². The van der Waals surface area contributed by atoms with Gasteiger partial charge in [-0.25, -0.2) is 4.79 Å². The van der Waals surface area contributed by atoms with Crippen molar-refractivity contribution in [3.8, 4) is 0 Å². The third-order valence-electron chi connectivity index (χ3n) is 2.01. The first kappa shape index (κ1) is 14.8. The average molecular weight is 287 g/mol. The van der Waals surface area contributed by atoms with Crippen LogP contribution in [0.2, 0.25) is 0 Å². The standard InChI is InChI=1S/C10H9NO7S/c1-7(10(12)18-6-19(15,16)17)8-2-4-9(5-3-8)11(13)14/h2-5H,1,6H2,(H,15,16,17). The third-order valence-corrected chi connectivity index (χ3v) is 2.43. The molecule has 9 heteroatoms. The second kappa shape index (κ2) is 5.59. The molecule has 0 spiro atoms. The number of hydrogen-bond acceptors (Lipinski definition) is 6. The van der Waals surface area contributed by atoms with Gasteiger partial charge in [0.2, 0.25) is 5.94 Å². The highest BCUT2D eigenvalue weighted by atomic mass is 32.2. The van der Waals surface area contributed by atoms with E-state index in [0.717, 1.165) is 12.1 Å². The van der Waals surface area contributed by atoms with E-state index in [9.17, 15) is 23.3 Å². The number of rotatable bonds is 5. The molecule has 0 amide bonds. The molecule has 0 aliphatic carbocycles. The highest BCUT2D eigenvalue weighted by Crippen LogP contribution is 2.18. The van der Waals surface area contributed by atoms with Gasteiger partial charge in [-0.3, -0.25) is 14.7 Å². The van der Waals surface area contributed by atoms with Crippen LogP contribution in [0.1, 0.15) is 5.56 Å². The van der Waals surface area contributed by atoms with Crippen LogP contribution in [0.3, 0.4) is 0 Å². The summed E-state index contributed by atoms with van der Waals surface area (Å²) in [5.74, 6) is -2.23. The molecular formula is C10H9NO7S. The number of hydrogen-bond donors (Lipinski definition) is 1. The molecule has 0 fully saturated rings. The van der Waals surface area contributed by atoms with Crippen molar-refractivity contribution in [2.24, 2.45) is 0 Å². The van der Waals surface area contributed by atoms with Crippen molar-refractivity contribution >= 4 is 27.3 Å². The predicted octanol–water partition coefficient (Wildman–Crippen LogP) is 0.997. The van der Waals surface area contributed by atoms with Gasteiger partial charge in [0.1, 0.15) is 0 Å². The Balaban J connectivity index is 2.77. The van der Waals surface area contributed by atoms with Crippen LogP contribution in [-0.4, -0.2) is 29.8 Å². The topological polar surface area (TPSA) is 124 Å². The van der Waals surface area contributed by atoms with Crippen LogP contribution in [0, 0.1) is 10.1 Å². The Morgan fingerprint density at radius 1 is 1.37 bits per heavy atom. The molecule has 1 N–H and O–H groups in total. The zero-order valence-electron chi connectivity index (χ0n) is 9.48. The fourth-order valence-electron chi connectivity index (χ4n) is 1.12. The van der Waals surface area contributed by atoms with E-state index >= 15 is 0 Å².